The molecule has 1 atom stereocenters. The summed E-state index contributed by atoms with van der Waals surface area (Å²) < 4.78 is 0. The van der Waals surface area contributed by atoms with Gasteiger partial charge >= 0.3 is 0 Å². The van der Waals surface area contributed by atoms with E-state index in [1.165, 1.54) is 12.8 Å². The fourth-order valence-electron chi connectivity index (χ4n) is 3.67. The van der Waals surface area contributed by atoms with Crippen LogP contribution in [-0.4, -0.2) is 37.0 Å². The fraction of sp³-hybridized carbons (Fsp3) is 0.350. The largest absolute Gasteiger partial charge is 0.368 e. The van der Waals surface area contributed by atoms with Crippen LogP contribution in [0.2, 0.25) is 0 Å². The average molecular weight is 321 g/mol. The van der Waals surface area contributed by atoms with Crippen molar-refractivity contribution in [2.75, 3.05) is 36.4 Å². The summed E-state index contributed by atoms with van der Waals surface area (Å²) >= 11 is 0. The molecule has 0 aromatic heterocycles. The summed E-state index contributed by atoms with van der Waals surface area (Å²) in [6, 6.07) is 17.8. The third-order valence-corrected chi connectivity index (χ3v) is 4.98. The van der Waals surface area contributed by atoms with Gasteiger partial charge < -0.3 is 15.1 Å². The molecule has 124 valence electrons. The van der Waals surface area contributed by atoms with Crippen LogP contribution < -0.4 is 10.2 Å². The number of carbonyl (C=O) groups excluding carboxylic acids is 1. The highest BCUT2D eigenvalue weighted by Gasteiger charge is 2.33. The number of likely N-dealkylation sites (tertiary alicyclic amines) is 1. The number of fused-ring (bicyclic) bond motifs is 1. The van der Waals surface area contributed by atoms with Crippen LogP contribution in [0.25, 0.3) is 0 Å². The van der Waals surface area contributed by atoms with Crippen molar-refractivity contribution in [3.63, 3.8) is 0 Å². The molecule has 0 radical (unpaired) electrons. The Kier molecular flexibility index (Phi) is 4.22. The van der Waals surface area contributed by atoms with Gasteiger partial charge in [0.05, 0.1) is 11.4 Å². The van der Waals surface area contributed by atoms with E-state index in [9.17, 15) is 4.79 Å². The molecular formula is C20H23N3O. The van der Waals surface area contributed by atoms with Crippen molar-refractivity contribution < 1.29 is 4.79 Å². The van der Waals surface area contributed by atoms with Crippen molar-refractivity contribution in [1.29, 1.82) is 0 Å². The van der Waals surface area contributed by atoms with Crippen LogP contribution in [0.15, 0.2) is 54.6 Å². The van der Waals surface area contributed by atoms with E-state index in [1.54, 1.807) is 0 Å². The lowest BCUT2D eigenvalue weighted by Gasteiger charge is -2.36. The van der Waals surface area contributed by atoms with Gasteiger partial charge in [0.15, 0.2) is 0 Å². The zero-order chi connectivity index (χ0) is 16.4. The Hall–Kier alpha value is -2.33. The van der Waals surface area contributed by atoms with E-state index in [1.807, 2.05) is 53.4 Å². The van der Waals surface area contributed by atoms with Crippen LogP contribution in [0.5, 0.6) is 0 Å². The molecule has 0 bridgehead atoms. The van der Waals surface area contributed by atoms with E-state index in [-0.39, 0.29) is 11.9 Å². The number of para-hydroxylation sites is 2. The highest BCUT2D eigenvalue weighted by molar-refractivity contribution is 6.05. The first-order valence-corrected chi connectivity index (χ1v) is 8.77. The quantitative estimate of drug-likeness (QED) is 0.939. The smallest absolute Gasteiger partial charge is 0.254 e. The molecular weight excluding hydrogens is 298 g/mol. The Morgan fingerprint density at radius 2 is 1.62 bits per heavy atom. The van der Waals surface area contributed by atoms with Gasteiger partial charge in [-0.05, 0) is 43.6 Å². The average Bonchev–Trinajstić information content (AvgIpc) is 3.15. The summed E-state index contributed by atoms with van der Waals surface area (Å²) in [5.74, 6) is 0.138. The van der Waals surface area contributed by atoms with Gasteiger partial charge in [0, 0.05) is 13.1 Å². The fourth-order valence-corrected chi connectivity index (χ4v) is 3.67. The zero-order valence-corrected chi connectivity index (χ0v) is 13.8. The molecule has 4 nitrogen and oxygen atoms in total. The first-order valence-electron chi connectivity index (χ1n) is 8.77. The Balaban J connectivity index is 1.61. The number of carbonyl (C=O) groups is 1. The lowest BCUT2D eigenvalue weighted by molar-refractivity contribution is -0.119. The molecule has 1 amide bonds. The molecule has 2 aliphatic rings. The van der Waals surface area contributed by atoms with Crippen molar-refractivity contribution in [2.45, 2.75) is 18.9 Å². The predicted molar refractivity (Wildman–Crippen MR) is 97.3 cm³/mol. The van der Waals surface area contributed by atoms with Crippen molar-refractivity contribution in [1.82, 2.24) is 4.90 Å². The normalized spacial score (nSPS) is 20.8. The van der Waals surface area contributed by atoms with Crippen molar-refractivity contribution >= 4 is 17.3 Å². The second kappa shape index (κ2) is 6.65. The lowest BCUT2D eigenvalue weighted by Crippen LogP contribution is -2.45. The molecule has 0 spiro atoms. The molecule has 1 N–H and O–H groups in total. The maximum absolute atomic E-state index is 13.1. The number of amides is 1. The molecule has 0 saturated carbocycles. The van der Waals surface area contributed by atoms with Crippen LogP contribution >= 0.6 is 0 Å². The minimum atomic E-state index is -0.306. The van der Waals surface area contributed by atoms with Crippen molar-refractivity contribution in [2.24, 2.45) is 0 Å². The second-order valence-corrected chi connectivity index (χ2v) is 6.54. The van der Waals surface area contributed by atoms with Gasteiger partial charge in [-0.25, -0.2) is 0 Å². The van der Waals surface area contributed by atoms with Gasteiger partial charge in [0.25, 0.3) is 5.91 Å². The van der Waals surface area contributed by atoms with Gasteiger partial charge in [-0.15, -0.1) is 0 Å². The molecule has 1 fully saturated rings. The Morgan fingerprint density at radius 3 is 2.42 bits per heavy atom. The Morgan fingerprint density at radius 1 is 0.917 bits per heavy atom. The minimum Gasteiger partial charge on any atom is -0.368 e. The highest BCUT2D eigenvalue weighted by Crippen LogP contribution is 2.36. The van der Waals surface area contributed by atoms with E-state index in [4.69, 9.17) is 0 Å². The number of hydrogen-bond donors (Lipinski definition) is 1. The third kappa shape index (κ3) is 2.89. The zero-order valence-electron chi connectivity index (χ0n) is 13.8. The van der Waals surface area contributed by atoms with Crippen molar-refractivity contribution in [3.05, 3.63) is 60.2 Å². The lowest BCUT2D eigenvalue weighted by atomic mass is 10.0. The SMILES string of the molecule is O=C1C(c2ccccc2)Nc2ccccc2N1CCN1CCCC1. The summed E-state index contributed by atoms with van der Waals surface area (Å²) in [4.78, 5) is 17.6. The van der Waals surface area contributed by atoms with Gasteiger partial charge in [0.2, 0.25) is 0 Å². The molecule has 24 heavy (non-hydrogen) atoms. The van der Waals surface area contributed by atoms with E-state index in [2.05, 4.69) is 16.3 Å². The molecule has 2 aliphatic heterocycles. The Bertz CT molecular complexity index is 710. The van der Waals surface area contributed by atoms with Gasteiger partial charge in [0.1, 0.15) is 6.04 Å². The maximum Gasteiger partial charge on any atom is 0.254 e. The number of rotatable bonds is 4. The molecule has 2 aromatic carbocycles. The van der Waals surface area contributed by atoms with Crippen LogP contribution in [0, 0.1) is 0 Å². The number of benzene rings is 2. The van der Waals surface area contributed by atoms with Crippen LogP contribution in [-0.2, 0) is 4.79 Å². The highest BCUT2D eigenvalue weighted by atomic mass is 16.2. The maximum atomic E-state index is 13.1. The molecule has 1 unspecified atom stereocenters. The standard InChI is InChI=1S/C20H23N3O/c24-20-19(16-8-2-1-3-9-16)21-17-10-4-5-11-18(17)23(20)15-14-22-12-6-7-13-22/h1-5,8-11,19,21H,6-7,12-15H2. The van der Waals surface area contributed by atoms with Crippen LogP contribution in [0.4, 0.5) is 11.4 Å². The molecule has 4 rings (SSSR count). The summed E-state index contributed by atoms with van der Waals surface area (Å²) in [7, 11) is 0. The second-order valence-electron chi connectivity index (χ2n) is 6.54. The number of anilines is 2. The summed E-state index contributed by atoms with van der Waals surface area (Å²) in [6.45, 7) is 4.01. The number of hydrogen-bond acceptors (Lipinski definition) is 3. The van der Waals surface area contributed by atoms with Crippen LogP contribution in [0.1, 0.15) is 24.4 Å². The monoisotopic (exact) mass is 321 g/mol. The Labute approximate surface area is 143 Å². The first kappa shape index (κ1) is 15.2. The van der Waals surface area contributed by atoms with E-state index in [0.717, 1.165) is 43.1 Å². The summed E-state index contributed by atoms with van der Waals surface area (Å²) in [5.41, 5.74) is 3.05. The number of nitrogens with one attached hydrogen (secondary N) is 1. The molecule has 0 aliphatic carbocycles. The first-order chi connectivity index (χ1) is 11.8. The van der Waals surface area contributed by atoms with E-state index in [0.29, 0.717) is 0 Å². The topological polar surface area (TPSA) is 35.6 Å². The summed E-state index contributed by atoms with van der Waals surface area (Å²) in [5, 5.41) is 3.42. The predicted octanol–water partition coefficient (Wildman–Crippen LogP) is 3.28. The molecule has 2 aromatic rings. The van der Waals surface area contributed by atoms with Crippen LogP contribution in [0.3, 0.4) is 0 Å². The van der Waals surface area contributed by atoms with E-state index < -0.39 is 0 Å². The minimum absolute atomic E-state index is 0.138. The summed E-state index contributed by atoms with van der Waals surface area (Å²) in [6.07, 6.45) is 2.55. The molecule has 2 heterocycles. The third-order valence-electron chi connectivity index (χ3n) is 4.98. The molecule has 4 heteroatoms. The van der Waals surface area contributed by atoms with Gasteiger partial charge in [-0.1, -0.05) is 42.5 Å². The van der Waals surface area contributed by atoms with Crippen molar-refractivity contribution in [3.8, 4) is 0 Å². The molecule has 1 saturated heterocycles. The van der Waals surface area contributed by atoms with Gasteiger partial charge in [-0.3, -0.25) is 4.79 Å². The number of nitrogens with zero attached hydrogens (tertiary/aromatic N) is 2. The van der Waals surface area contributed by atoms with Gasteiger partial charge in [-0.2, -0.15) is 0 Å². The van der Waals surface area contributed by atoms with E-state index >= 15 is 0 Å².